The maximum atomic E-state index is 11.2. The van der Waals surface area contributed by atoms with Gasteiger partial charge in [0.1, 0.15) is 0 Å². The molecule has 2 heterocycles. The molecular weight excluding hydrogens is 394 g/mol. The van der Waals surface area contributed by atoms with Crippen LogP contribution < -0.4 is 15.4 Å². The number of ether oxygens (including phenoxy) is 1. The van der Waals surface area contributed by atoms with Crippen LogP contribution in [0.25, 0.3) is 0 Å². The topological polar surface area (TPSA) is 70.5 Å². The van der Waals surface area contributed by atoms with Crippen molar-refractivity contribution in [1.82, 2.24) is 14.9 Å². The van der Waals surface area contributed by atoms with Crippen molar-refractivity contribution in [3.63, 3.8) is 0 Å². The van der Waals surface area contributed by atoms with Crippen LogP contribution in [0.2, 0.25) is 10.3 Å². The Morgan fingerprint density at radius 1 is 1.31 bits per heavy atom. The van der Waals surface area contributed by atoms with Crippen LogP contribution in [0.15, 0.2) is 24.4 Å². The number of rotatable bonds is 5. The van der Waals surface area contributed by atoms with Gasteiger partial charge in [-0.2, -0.15) is 0 Å². The summed E-state index contributed by atoms with van der Waals surface area (Å²) < 4.78 is 5.53. The molecule has 1 saturated heterocycles. The molecule has 1 aliphatic heterocycles. The van der Waals surface area contributed by atoms with E-state index in [-0.39, 0.29) is 5.28 Å². The molecule has 142 valence electrons. The SMILES string of the molecule is CCN1CC[PH](O)(c2ccc(Nc3nc(Cl)ncc3Cl)c(OC)c2)CC1. The molecule has 0 spiro atoms. The molecular formula is C17H23Cl2N4O2P. The first-order chi connectivity index (χ1) is 12.4. The van der Waals surface area contributed by atoms with Gasteiger partial charge >= 0.3 is 164 Å². The number of hydrogen-bond donors (Lipinski definition) is 2. The molecule has 1 fully saturated rings. The number of halogens is 2. The number of hydrogen-bond acceptors (Lipinski definition) is 6. The zero-order valence-corrected chi connectivity index (χ0v) is 17.3. The minimum absolute atomic E-state index is 0.108. The van der Waals surface area contributed by atoms with Gasteiger partial charge in [0.15, 0.2) is 0 Å². The fourth-order valence-corrected chi connectivity index (χ4v) is 6.44. The van der Waals surface area contributed by atoms with E-state index in [1.165, 1.54) is 6.20 Å². The van der Waals surface area contributed by atoms with Gasteiger partial charge in [0.25, 0.3) is 0 Å². The van der Waals surface area contributed by atoms with Crippen molar-refractivity contribution in [2.45, 2.75) is 6.92 Å². The molecule has 0 bridgehead atoms. The molecule has 0 saturated carbocycles. The van der Waals surface area contributed by atoms with Crippen molar-refractivity contribution in [3.05, 3.63) is 34.7 Å². The molecule has 6 nitrogen and oxygen atoms in total. The average molecular weight is 417 g/mol. The summed E-state index contributed by atoms with van der Waals surface area (Å²) in [5, 5.41) is 4.58. The number of aromatic nitrogens is 2. The van der Waals surface area contributed by atoms with Gasteiger partial charge in [-0.15, -0.1) is 0 Å². The molecule has 2 aromatic rings. The van der Waals surface area contributed by atoms with E-state index in [9.17, 15) is 4.89 Å². The van der Waals surface area contributed by atoms with Crippen molar-refractivity contribution in [2.75, 3.05) is 44.4 Å². The van der Waals surface area contributed by atoms with Crippen LogP contribution in [-0.4, -0.2) is 58.8 Å². The Labute approximate surface area is 163 Å². The van der Waals surface area contributed by atoms with E-state index in [1.54, 1.807) is 7.11 Å². The second-order valence-electron chi connectivity index (χ2n) is 6.34. The van der Waals surface area contributed by atoms with Crippen molar-refractivity contribution in [1.29, 1.82) is 0 Å². The zero-order chi connectivity index (χ0) is 18.7. The molecule has 0 aliphatic carbocycles. The molecule has 0 unspecified atom stereocenters. The minimum atomic E-state index is -2.48. The van der Waals surface area contributed by atoms with Gasteiger partial charge in [-0.05, 0) is 0 Å². The van der Waals surface area contributed by atoms with Gasteiger partial charge in [-0.3, -0.25) is 0 Å². The Morgan fingerprint density at radius 2 is 2.04 bits per heavy atom. The molecule has 0 amide bonds. The van der Waals surface area contributed by atoms with E-state index >= 15 is 0 Å². The third kappa shape index (κ3) is 4.21. The first kappa shape index (κ1) is 19.6. The Bertz CT molecular complexity index is 785. The number of anilines is 2. The van der Waals surface area contributed by atoms with Gasteiger partial charge < -0.3 is 0 Å². The second-order valence-corrected chi connectivity index (χ2v) is 10.7. The molecule has 26 heavy (non-hydrogen) atoms. The predicted molar refractivity (Wildman–Crippen MR) is 110 cm³/mol. The first-order valence-corrected chi connectivity index (χ1v) is 11.6. The fourth-order valence-electron chi connectivity index (χ4n) is 3.17. The van der Waals surface area contributed by atoms with E-state index in [2.05, 4.69) is 27.1 Å². The third-order valence-corrected chi connectivity index (χ3v) is 8.78. The molecule has 1 aromatic heterocycles. The van der Waals surface area contributed by atoms with Crippen LogP contribution in [0.3, 0.4) is 0 Å². The number of nitrogens with one attached hydrogen (secondary N) is 1. The normalized spacial score (nSPS) is 18.3. The molecule has 2 N–H and O–H groups in total. The number of benzene rings is 1. The maximum absolute atomic E-state index is 11.2. The Hall–Kier alpha value is -1.17. The van der Waals surface area contributed by atoms with Crippen molar-refractivity contribution in [3.8, 4) is 5.75 Å². The standard InChI is InChI=1S/C17H23Cl2N4O2P/c1-3-23-6-8-26(24,9-7-23)12-4-5-14(15(10-12)25-2)21-16-13(18)11-20-17(19)22-16/h4-5,10-11,24,26H,3,6-9H2,1-2H3,(H,20,21,22). The monoisotopic (exact) mass is 416 g/mol. The van der Waals surface area contributed by atoms with Crippen molar-refractivity contribution in [2.24, 2.45) is 0 Å². The summed E-state index contributed by atoms with van der Waals surface area (Å²) in [5.74, 6) is 1.04. The molecule has 3 rings (SSSR count). The van der Waals surface area contributed by atoms with Crippen LogP contribution in [0.4, 0.5) is 11.5 Å². The summed E-state index contributed by atoms with van der Waals surface area (Å²) in [7, 11) is -0.874. The van der Waals surface area contributed by atoms with E-state index in [1.807, 2.05) is 18.2 Å². The zero-order valence-electron chi connectivity index (χ0n) is 14.8. The van der Waals surface area contributed by atoms with Crippen LogP contribution in [0.1, 0.15) is 6.92 Å². The number of methoxy groups -OCH3 is 1. The average Bonchev–Trinajstić information content (AvgIpc) is 2.65. The quantitative estimate of drug-likeness (QED) is 0.576. The predicted octanol–water partition coefficient (Wildman–Crippen LogP) is 3.15. The van der Waals surface area contributed by atoms with E-state index < -0.39 is 7.49 Å². The first-order valence-electron chi connectivity index (χ1n) is 8.53. The Morgan fingerprint density at radius 3 is 2.69 bits per heavy atom. The van der Waals surface area contributed by atoms with Crippen LogP contribution in [0, 0.1) is 0 Å². The van der Waals surface area contributed by atoms with Crippen LogP contribution >= 0.6 is 30.7 Å². The van der Waals surface area contributed by atoms with Gasteiger partial charge in [-0.1, -0.05) is 0 Å². The summed E-state index contributed by atoms with van der Waals surface area (Å²) >= 11 is 12.0. The van der Waals surface area contributed by atoms with Crippen LogP contribution in [-0.2, 0) is 0 Å². The summed E-state index contributed by atoms with van der Waals surface area (Å²) in [5.41, 5.74) is 0.705. The van der Waals surface area contributed by atoms with Crippen molar-refractivity contribution < 1.29 is 9.63 Å². The van der Waals surface area contributed by atoms with Crippen molar-refractivity contribution >= 4 is 47.5 Å². The van der Waals surface area contributed by atoms with Gasteiger partial charge in [0.2, 0.25) is 0 Å². The molecule has 1 aliphatic rings. The Kier molecular flexibility index (Phi) is 6.21. The van der Waals surface area contributed by atoms with Crippen LogP contribution in [0.5, 0.6) is 5.75 Å². The molecule has 0 radical (unpaired) electrons. The van der Waals surface area contributed by atoms with E-state index in [4.69, 9.17) is 27.9 Å². The molecule has 9 heteroatoms. The second kappa shape index (κ2) is 8.24. The van der Waals surface area contributed by atoms with Gasteiger partial charge in [0.05, 0.1) is 0 Å². The number of nitrogens with zero attached hydrogens (tertiary/aromatic N) is 3. The molecule has 0 atom stereocenters. The third-order valence-electron chi connectivity index (χ3n) is 4.84. The summed E-state index contributed by atoms with van der Waals surface area (Å²) in [4.78, 5) is 21.5. The van der Waals surface area contributed by atoms with E-state index in [0.29, 0.717) is 22.3 Å². The fraction of sp³-hybridized carbons (Fsp3) is 0.412. The summed E-state index contributed by atoms with van der Waals surface area (Å²) in [6, 6.07) is 5.78. The van der Waals surface area contributed by atoms with Gasteiger partial charge in [0, 0.05) is 0 Å². The summed E-state index contributed by atoms with van der Waals surface area (Å²) in [6.07, 6.45) is 3.12. The molecule has 1 aromatic carbocycles. The summed E-state index contributed by atoms with van der Waals surface area (Å²) in [6.45, 7) is 5.06. The van der Waals surface area contributed by atoms with Gasteiger partial charge in [-0.25, -0.2) is 0 Å². The Balaban J connectivity index is 1.85. The van der Waals surface area contributed by atoms with E-state index in [0.717, 1.165) is 37.3 Å².